The second-order valence-corrected chi connectivity index (χ2v) is 8.75. The number of carbonyl (C=O) groups is 3. The Morgan fingerprint density at radius 2 is 2.00 bits per heavy atom. The topological polar surface area (TPSA) is 129 Å². The van der Waals surface area contributed by atoms with Gasteiger partial charge in [-0.2, -0.15) is 0 Å². The monoisotopic (exact) mass is 468 g/mol. The molecule has 8 nitrogen and oxygen atoms in total. The number of aromatic amines is 1. The van der Waals surface area contributed by atoms with Crippen molar-refractivity contribution in [3.05, 3.63) is 70.4 Å². The summed E-state index contributed by atoms with van der Waals surface area (Å²) in [6.45, 7) is 0. The summed E-state index contributed by atoms with van der Waals surface area (Å²) in [7, 11) is 1.59. The van der Waals surface area contributed by atoms with Crippen molar-refractivity contribution >= 4 is 40.2 Å². The Kier molecular flexibility index (Phi) is 6.40. The van der Waals surface area contributed by atoms with Crippen molar-refractivity contribution in [2.45, 2.75) is 37.5 Å². The zero-order chi connectivity index (χ0) is 23.7. The van der Waals surface area contributed by atoms with Crippen molar-refractivity contribution in [2.24, 2.45) is 5.73 Å². The number of aliphatic hydroxyl groups is 1. The van der Waals surface area contributed by atoms with Gasteiger partial charge in [-0.05, 0) is 48.2 Å². The number of nitrogens with zero attached hydrogens (tertiary/aromatic N) is 1. The van der Waals surface area contributed by atoms with Crippen molar-refractivity contribution in [3.63, 3.8) is 0 Å². The van der Waals surface area contributed by atoms with Crippen LogP contribution in [0.4, 0.5) is 0 Å². The first kappa shape index (κ1) is 22.8. The van der Waals surface area contributed by atoms with Crippen LogP contribution in [0.25, 0.3) is 10.9 Å². The summed E-state index contributed by atoms with van der Waals surface area (Å²) in [5.41, 5.74) is 8.24. The SMILES string of the molecule is CN(C(=O)[C@@H](O)CCC(N)=O)[C@@H]1c2ccccc2C[C@H]1NC(=O)c1cc2cc(Cl)ccc2[nH]1. The van der Waals surface area contributed by atoms with Crippen LogP contribution in [0, 0.1) is 0 Å². The fourth-order valence-electron chi connectivity index (χ4n) is 4.43. The van der Waals surface area contributed by atoms with Gasteiger partial charge in [0.05, 0.1) is 12.1 Å². The lowest BCUT2D eigenvalue weighted by molar-refractivity contribution is -0.142. The highest BCUT2D eigenvalue weighted by molar-refractivity contribution is 6.31. The van der Waals surface area contributed by atoms with Crippen LogP contribution in [0.5, 0.6) is 0 Å². The molecule has 2 aromatic carbocycles. The lowest BCUT2D eigenvalue weighted by Gasteiger charge is -2.32. The zero-order valence-electron chi connectivity index (χ0n) is 18.0. The molecule has 1 aromatic heterocycles. The third-order valence-electron chi connectivity index (χ3n) is 6.05. The highest BCUT2D eigenvalue weighted by Gasteiger charge is 2.39. The predicted octanol–water partition coefficient (Wildman–Crippen LogP) is 2.30. The van der Waals surface area contributed by atoms with Crippen molar-refractivity contribution in [1.82, 2.24) is 15.2 Å². The summed E-state index contributed by atoms with van der Waals surface area (Å²) in [4.78, 5) is 41.5. The normalized spacial score (nSPS) is 18.0. The lowest BCUT2D eigenvalue weighted by Crippen LogP contribution is -2.47. The molecule has 0 radical (unpaired) electrons. The molecule has 4 rings (SSSR count). The van der Waals surface area contributed by atoms with Crippen LogP contribution in [-0.4, -0.2) is 51.9 Å². The van der Waals surface area contributed by atoms with Gasteiger partial charge >= 0.3 is 0 Å². The summed E-state index contributed by atoms with van der Waals surface area (Å²) < 4.78 is 0. The maximum Gasteiger partial charge on any atom is 0.268 e. The minimum atomic E-state index is -1.36. The van der Waals surface area contributed by atoms with E-state index in [1.165, 1.54) is 4.90 Å². The highest BCUT2D eigenvalue weighted by Crippen LogP contribution is 2.36. The fourth-order valence-corrected chi connectivity index (χ4v) is 4.61. The number of rotatable bonds is 7. The Hall–Kier alpha value is -3.36. The molecule has 172 valence electrons. The van der Waals surface area contributed by atoms with Gasteiger partial charge in [-0.25, -0.2) is 0 Å². The standard InChI is InChI=1S/C24H25ClN4O4/c1-29(24(33)20(30)8-9-21(26)31)22-16-5-3-2-4-13(16)11-18(22)28-23(32)19-12-14-10-15(25)6-7-17(14)27-19/h2-7,10,12,18,20,22,27,30H,8-9,11H2,1H3,(H2,26,31)(H,28,32)/t18-,20+,22-/m1/s1. The van der Waals surface area contributed by atoms with E-state index in [4.69, 9.17) is 17.3 Å². The number of amides is 3. The third-order valence-corrected chi connectivity index (χ3v) is 6.29. The Bertz CT molecular complexity index is 1220. The average Bonchev–Trinajstić information content (AvgIpc) is 3.37. The first-order valence-electron chi connectivity index (χ1n) is 10.6. The van der Waals surface area contributed by atoms with Gasteiger partial charge in [0, 0.05) is 29.4 Å². The Morgan fingerprint density at radius 3 is 2.76 bits per heavy atom. The smallest absolute Gasteiger partial charge is 0.268 e. The van der Waals surface area contributed by atoms with Gasteiger partial charge in [0.1, 0.15) is 11.8 Å². The molecule has 1 aliphatic rings. The van der Waals surface area contributed by atoms with Gasteiger partial charge in [-0.3, -0.25) is 14.4 Å². The summed E-state index contributed by atoms with van der Waals surface area (Å²) in [5.74, 6) is -1.42. The van der Waals surface area contributed by atoms with Gasteiger partial charge in [0.15, 0.2) is 0 Å². The number of likely N-dealkylation sites (N-methyl/N-ethyl adjacent to an activating group) is 1. The van der Waals surface area contributed by atoms with Crippen LogP contribution in [0.15, 0.2) is 48.5 Å². The molecule has 0 aliphatic heterocycles. The van der Waals surface area contributed by atoms with E-state index in [0.29, 0.717) is 17.1 Å². The van der Waals surface area contributed by atoms with E-state index in [9.17, 15) is 19.5 Å². The predicted molar refractivity (Wildman–Crippen MR) is 125 cm³/mol. The molecule has 0 saturated heterocycles. The number of primary amides is 1. The van der Waals surface area contributed by atoms with E-state index < -0.39 is 30.0 Å². The van der Waals surface area contributed by atoms with E-state index in [1.807, 2.05) is 30.3 Å². The highest BCUT2D eigenvalue weighted by atomic mass is 35.5. The van der Waals surface area contributed by atoms with E-state index >= 15 is 0 Å². The van der Waals surface area contributed by atoms with Gasteiger partial charge in [-0.15, -0.1) is 0 Å². The van der Waals surface area contributed by atoms with Crippen LogP contribution in [0.1, 0.15) is 40.5 Å². The molecule has 33 heavy (non-hydrogen) atoms. The first-order chi connectivity index (χ1) is 15.7. The third kappa shape index (κ3) is 4.72. The minimum absolute atomic E-state index is 0.0540. The van der Waals surface area contributed by atoms with Crippen LogP contribution >= 0.6 is 11.6 Å². The molecule has 3 aromatic rings. The van der Waals surface area contributed by atoms with Crippen molar-refractivity contribution in [3.8, 4) is 0 Å². The molecule has 1 heterocycles. The molecule has 0 fully saturated rings. The summed E-state index contributed by atoms with van der Waals surface area (Å²) in [6, 6.07) is 13.8. The second-order valence-electron chi connectivity index (χ2n) is 8.31. The molecule has 3 atom stereocenters. The largest absolute Gasteiger partial charge is 0.383 e. The molecular weight excluding hydrogens is 444 g/mol. The van der Waals surface area contributed by atoms with Crippen LogP contribution in [0.2, 0.25) is 5.02 Å². The Labute approximate surface area is 195 Å². The van der Waals surface area contributed by atoms with Gasteiger partial charge in [0.25, 0.3) is 11.8 Å². The van der Waals surface area contributed by atoms with Crippen LogP contribution in [0.3, 0.4) is 0 Å². The van der Waals surface area contributed by atoms with E-state index in [2.05, 4.69) is 10.3 Å². The van der Waals surface area contributed by atoms with E-state index in [1.54, 1.807) is 25.2 Å². The molecule has 0 bridgehead atoms. The number of nitrogens with one attached hydrogen (secondary N) is 2. The lowest BCUT2D eigenvalue weighted by atomic mass is 10.0. The number of hydrogen-bond donors (Lipinski definition) is 4. The number of nitrogens with two attached hydrogens (primary N) is 1. The number of carbonyl (C=O) groups excluding carboxylic acids is 3. The molecule has 1 aliphatic carbocycles. The van der Waals surface area contributed by atoms with Gasteiger partial charge in [-0.1, -0.05) is 35.9 Å². The quantitative estimate of drug-likeness (QED) is 0.424. The number of fused-ring (bicyclic) bond motifs is 2. The molecule has 9 heteroatoms. The zero-order valence-corrected chi connectivity index (χ0v) is 18.8. The van der Waals surface area contributed by atoms with E-state index in [0.717, 1.165) is 22.0 Å². The van der Waals surface area contributed by atoms with Crippen LogP contribution < -0.4 is 11.1 Å². The molecule has 0 unspecified atom stereocenters. The van der Waals surface area contributed by atoms with Gasteiger partial charge < -0.3 is 26.0 Å². The molecule has 0 saturated carbocycles. The summed E-state index contributed by atoms with van der Waals surface area (Å²) in [5, 5.41) is 14.7. The summed E-state index contributed by atoms with van der Waals surface area (Å²) >= 11 is 6.05. The Morgan fingerprint density at radius 1 is 1.24 bits per heavy atom. The molecular formula is C24H25ClN4O4. The maximum atomic E-state index is 13.1. The second kappa shape index (κ2) is 9.25. The van der Waals surface area contributed by atoms with Crippen molar-refractivity contribution < 1.29 is 19.5 Å². The van der Waals surface area contributed by atoms with E-state index in [-0.39, 0.29) is 18.7 Å². The number of benzene rings is 2. The van der Waals surface area contributed by atoms with Crippen molar-refractivity contribution in [1.29, 1.82) is 0 Å². The minimum Gasteiger partial charge on any atom is -0.383 e. The molecule has 0 spiro atoms. The maximum absolute atomic E-state index is 13.1. The number of hydrogen-bond acceptors (Lipinski definition) is 4. The summed E-state index contributed by atoms with van der Waals surface area (Å²) in [6.07, 6.45) is -0.966. The Balaban J connectivity index is 1.56. The number of H-pyrrole nitrogens is 1. The number of aromatic nitrogens is 1. The molecule has 5 N–H and O–H groups in total. The number of aliphatic hydroxyl groups excluding tert-OH is 1. The van der Waals surface area contributed by atoms with Crippen LogP contribution in [-0.2, 0) is 16.0 Å². The van der Waals surface area contributed by atoms with Gasteiger partial charge in [0.2, 0.25) is 5.91 Å². The average molecular weight is 469 g/mol. The molecule has 3 amide bonds. The fraction of sp³-hybridized carbons (Fsp3) is 0.292. The first-order valence-corrected chi connectivity index (χ1v) is 11.0. The number of halogens is 1. The van der Waals surface area contributed by atoms with Crippen molar-refractivity contribution in [2.75, 3.05) is 7.05 Å².